The predicted molar refractivity (Wildman–Crippen MR) is 69.8 cm³/mol. The largest absolute Gasteiger partial charge is 0.378 e. The highest BCUT2D eigenvalue weighted by Crippen LogP contribution is 2.15. The van der Waals surface area contributed by atoms with Crippen molar-refractivity contribution in [3.8, 4) is 12.3 Å². The number of halogens is 1. The summed E-state index contributed by atoms with van der Waals surface area (Å²) in [5.41, 5.74) is 0. The molecule has 1 aromatic heterocycles. The molecule has 1 aliphatic heterocycles. The van der Waals surface area contributed by atoms with Crippen LogP contribution in [0.25, 0.3) is 0 Å². The molecule has 18 heavy (non-hydrogen) atoms. The number of terminal acetylenes is 1. The number of ether oxygens (including phenoxy) is 1. The van der Waals surface area contributed by atoms with Gasteiger partial charge in [0.05, 0.1) is 19.3 Å². The maximum Gasteiger partial charge on any atom is 0.231 e. The molecule has 6 nitrogen and oxygen atoms in total. The number of aromatic nitrogens is 3. The van der Waals surface area contributed by atoms with Gasteiger partial charge in [-0.25, -0.2) is 0 Å². The Kier molecular flexibility index (Phi) is 4.18. The van der Waals surface area contributed by atoms with Gasteiger partial charge in [0, 0.05) is 13.1 Å². The molecule has 7 heteroatoms. The Bertz CT molecular complexity index is 455. The normalized spacial score (nSPS) is 17.1. The van der Waals surface area contributed by atoms with Crippen LogP contribution in [0.3, 0.4) is 0 Å². The van der Waals surface area contributed by atoms with E-state index in [-0.39, 0.29) is 11.3 Å². The van der Waals surface area contributed by atoms with E-state index in [1.807, 2.05) is 11.8 Å². The first kappa shape index (κ1) is 12.9. The van der Waals surface area contributed by atoms with E-state index in [9.17, 15) is 0 Å². The van der Waals surface area contributed by atoms with Crippen molar-refractivity contribution in [3.63, 3.8) is 0 Å². The van der Waals surface area contributed by atoms with E-state index >= 15 is 0 Å². The summed E-state index contributed by atoms with van der Waals surface area (Å²) in [6.45, 7) is 4.64. The lowest BCUT2D eigenvalue weighted by Crippen LogP contribution is -2.37. The lowest BCUT2D eigenvalue weighted by molar-refractivity contribution is 0.122. The fourth-order valence-corrected chi connectivity index (χ4v) is 1.70. The van der Waals surface area contributed by atoms with Gasteiger partial charge in [-0.15, -0.1) is 6.42 Å². The Morgan fingerprint density at radius 1 is 1.39 bits per heavy atom. The van der Waals surface area contributed by atoms with Gasteiger partial charge < -0.3 is 15.0 Å². The molecule has 1 atom stereocenters. The smallest absolute Gasteiger partial charge is 0.231 e. The van der Waals surface area contributed by atoms with E-state index in [4.69, 9.17) is 22.8 Å². The van der Waals surface area contributed by atoms with Gasteiger partial charge in [-0.3, -0.25) is 0 Å². The van der Waals surface area contributed by atoms with Gasteiger partial charge in [-0.05, 0) is 18.5 Å². The number of hydrogen-bond donors (Lipinski definition) is 1. The Morgan fingerprint density at radius 3 is 2.78 bits per heavy atom. The molecule has 1 fully saturated rings. The zero-order chi connectivity index (χ0) is 13.0. The van der Waals surface area contributed by atoms with Gasteiger partial charge in [0.2, 0.25) is 17.2 Å². The molecule has 1 unspecified atom stereocenters. The lowest BCUT2D eigenvalue weighted by Gasteiger charge is -2.26. The van der Waals surface area contributed by atoms with Crippen LogP contribution >= 0.6 is 11.6 Å². The minimum Gasteiger partial charge on any atom is -0.378 e. The van der Waals surface area contributed by atoms with Gasteiger partial charge in [0.15, 0.2) is 0 Å². The first-order chi connectivity index (χ1) is 8.69. The van der Waals surface area contributed by atoms with Crippen LogP contribution < -0.4 is 10.2 Å². The van der Waals surface area contributed by atoms with Crippen LogP contribution in [0.2, 0.25) is 5.28 Å². The van der Waals surface area contributed by atoms with Crippen LogP contribution in [0.15, 0.2) is 0 Å². The molecular weight excluding hydrogens is 254 g/mol. The molecule has 1 N–H and O–H groups in total. The van der Waals surface area contributed by atoms with Gasteiger partial charge in [-0.1, -0.05) is 5.92 Å². The minimum atomic E-state index is -0.166. The number of nitrogens with zero attached hydrogens (tertiary/aromatic N) is 4. The standard InChI is InChI=1S/C11H14ClN5O/c1-3-8(2)13-10-14-9(12)15-11(16-10)17-4-6-18-7-5-17/h1,8H,4-7H2,2H3,(H,13,14,15,16). The second-order valence-electron chi connectivity index (χ2n) is 3.86. The van der Waals surface area contributed by atoms with Crippen molar-refractivity contribution in [1.29, 1.82) is 0 Å². The average molecular weight is 268 g/mol. The van der Waals surface area contributed by atoms with Crippen LogP contribution in [-0.2, 0) is 4.74 Å². The number of nitrogens with one attached hydrogen (secondary N) is 1. The Morgan fingerprint density at radius 2 is 2.11 bits per heavy atom. The van der Waals surface area contributed by atoms with E-state index in [0.29, 0.717) is 25.1 Å². The monoisotopic (exact) mass is 267 g/mol. The summed E-state index contributed by atoms with van der Waals surface area (Å²) in [5, 5.41) is 3.12. The number of hydrogen-bond acceptors (Lipinski definition) is 6. The van der Waals surface area contributed by atoms with Crippen molar-refractivity contribution >= 4 is 23.5 Å². The van der Waals surface area contributed by atoms with E-state index in [1.165, 1.54) is 0 Å². The van der Waals surface area contributed by atoms with E-state index < -0.39 is 0 Å². The summed E-state index contributed by atoms with van der Waals surface area (Å²) in [4.78, 5) is 14.4. The number of anilines is 2. The number of morpholine rings is 1. The molecule has 0 spiro atoms. The van der Waals surface area contributed by atoms with Crippen molar-refractivity contribution in [2.75, 3.05) is 36.5 Å². The Balaban J connectivity index is 2.17. The molecule has 0 radical (unpaired) electrons. The van der Waals surface area contributed by atoms with Crippen molar-refractivity contribution in [1.82, 2.24) is 15.0 Å². The summed E-state index contributed by atoms with van der Waals surface area (Å²) >= 11 is 5.88. The van der Waals surface area contributed by atoms with Gasteiger partial charge in [0.25, 0.3) is 0 Å². The van der Waals surface area contributed by atoms with Crippen LogP contribution in [0.5, 0.6) is 0 Å². The number of rotatable bonds is 3. The molecule has 1 saturated heterocycles. The van der Waals surface area contributed by atoms with Gasteiger partial charge >= 0.3 is 0 Å². The second-order valence-corrected chi connectivity index (χ2v) is 4.20. The van der Waals surface area contributed by atoms with E-state index in [2.05, 4.69) is 26.2 Å². The van der Waals surface area contributed by atoms with Crippen LogP contribution in [0.1, 0.15) is 6.92 Å². The molecule has 2 heterocycles. The van der Waals surface area contributed by atoms with Crippen LogP contribution in [-0.4, -0.2) is 47.3 Å². The van der Waals surface area contributed by atoms with E-state index in [0.717, 1.165) is 13.1 Å². The summed E-state index contributed by atoms with van der Waals surface area (Å²) in [7, 11) is 0. The average Bonchev–Trinajstić information content (AvgIpc) is 2.39. The van der Waals surface area contributed by atoms with Crippen molar-refractivity contribution in [3.05, 3.63) is 5.28 Å². The third-order valence-electron chi connectivity index (χ3n) is 2.49. The van der Waals surface area contributed by atoms with Crippen LogP contribution in [0, 0.1) is 12.3 Å². The fraction of sp³-hybridized carbons (Fsp3) is 0.545. The quantitative estimate of drug-likeness (QED) is 0.817. The highest BCUT2D eigenvalue weighted by atomic mass is 35.5. The third kappa shape index (κ3) is 3.22. The summed E-state index contributed by atoms with van der Waals surface area (Å²) in [6, 6.07) is -0.166. The predicted octanol–water partition coefficient (Wildman–Crippen LogP) is 0.795. The topological polar surface area (TPSA) is 63.2 Å². The fourth-order valence-electron chi connectivity index (χ4n) is 1.54. The lowest BCUT2D eigenvalue weighted by atomic mass is 10.4. The zero-order valence-electron chi connectivity index (χ0n) is 10.1. The maximum atomic E-state index is 5.88. The molecule has 96 valence electrons. The molecule has 0 aromatic carbocycles. The van der Waals surface area contributed by atoms with Gasteiger partial charge in [0.1, 0.15) is 0 Å². The Labute approximate surface area is 111 Å². The van der Waals surface area contributed by atoms with Crippen molar-refractivity contribution in [2.24, 2.45) is 0 Å². The van der Waals surface area contributed by atoms with E-state index in [1.54, 1.807) is 0 Å². The third-order valence-corrected chi connectivity index (χ3v) is 2.65. The molecule has 1 aromatic rings. The molecule has 1 aliphatic rings. The zero-order valence-corrected chi connectivity index (χ0v) is 10.8. The molecular formula is C11H14ClN5O. The van der Waals surface area contributed by atoms with Gasteiger partial charge in [-0.2, -0.15) is 15.0 Å². The summed E-state index contributed by atoms with van der Waals surface area (Å²) < 4.78 is 5.28. The van der Waals surface area contributed by atoms with Crippen molar-refractivity contribution < 1.29 is 4.74 Å². The highest BCUT2D eigenvalue weighted by Gasteiger charge is 2.16. The molecule has 0 aliphatic carbocycles. The molecule has 2 rings (SSSR count). The SMILES string of the molecule is C#CC(C)Nc1nc(Cl)nc(N2CCOCC2)n1. The maximum absolute atomic E-state index is 5.88. The first-order valence-electron chi connectivity index (χ1n) is 5.66. The highest BCUT2D eigenvalue weighted by molar-refractivity contribution is 6.28. The Hall–Kier alpha value is -1.58. The molecule has 0 saturated carbocycles. The molecule has 0 amide bonds. The van der Waals surface area contributed by atoms with Crippen LogP contribution in [0.4, 0.5) is 11.9 Å². The van der Waals surface area contributed by atoms with Crippen molar-refractivity contribution in [2.45, 2.75) is 13.0 Å². The molecule has 0 bridgehead atoms. The first-order valence-corrected chi connectivity index (χ1v) is 6.04. The summed E-state index contributed by atoms with van der Waals surface area (Å²) in [6.07, 6.45) is 5.30. The minimum absolute atomic E-state index is 0.151. The summed E-state index contributed by atoms with van der Waals surface area (Å²) in [5.74, 6) is 3.48. The second kappa shape index (κ2) is 5.85.